The Hall–Kier alpha value is -1.32. The first-order chi connectivity index (χ1) is 6.66. The number of likely N-dealkylation sites (tertiary alicyclic amines) is 1. The maximum atomic E-state index is 11.5. The molecule has 0 spiro atoms. The Morgan fingerprint density at radius 3 is 2.71 bits per heavy atom. The van der Waals surface area contributed by atoms with Crippen molar-refractivity contribution in [2.24, 2.45) is 0 Å². The van der Waals surface area contributed by atoms with Crippen LogP contribution < -0.4 is 0 Å². The van der Waals surface area contributed by atoms with Crippen molar-refractivity contribution in [2.45, 2.75) is 32.2 Å². The van der Waals surface area contributed by atoms with Gasteiger partial charge in [0.15, 0.2) is 0 Å². The van der Waals surface area contributed by atoms with Gasteiger partial charge in [0.05, 0.1) is 0 Å². The summed E-state index contributed by atoms with van der Waals surface area (Å²) in [4.78, 5) is 23.8. The number of carbonyl (C=O) groups is 2. The SMILES string of the molecule is CC=CC(=O)N1CCCC[C@@H]1C(=O)O. The Morgan fingerprint density at radius 2 is 2.14 bits per heavy atom. The molecule has 1 rings (SSSR count). The molecule has 1 N–H and O–H groups in total. The average molecular weight is 197 g/mol. The Morgan fingerprint density at radius 1 is 1.43 bits per heavy atom. The number of piperidine rings is 1. The van der Waals surface area contributed by atoms with Crippen molar-refractivity contribution in [3.05, 3.63) is 12.2 Å². The fourth-order valence-electron chi connectivity index (χ4n) is 1.69. The first kappa shape index (κ1) is 10.8. The van der Waals surface area contributed by atoms with Gasteiger partial charge in [-0.15, -0.1) is 0 Å². The molecule has 1 atom stereocenters. The van der Waals surface area contributed by atoms with Gasteiger partial charge in [-0.05, 0) is 32.3 Å². The van der Waals surface area contributed by atoms with E-state index >= 15 is 0 Å². The lowest BCUT2D eigenvalue weighted by Crippen LogP contribution is -2.47. The van der Waals surface area contributed by atoms with E-state index in [1.54, 1.807) is 13.0 Å². The van der Waals surface area contributed by atoms with Gasteiger partial charge in [-0.3, -0.25) is 4.79 Å². The normalized spacial score (nSPS) is 22.6. The topological polar surface area (TPSA) is 57.6 Å². The summed E-state index contributed by atoms with van der Waals surface area (Å²) in [7, 11) is 0. The second-order valence-corrected chi connectivity index (χ2v) is 3.38. The first-order valence-corrected chi connectivity index (χ1v) is 4.83. The zero-order valence-electron chi connectivity index (χ0n) is 8.27. The van der Waals surface area contributed by atoms with Crippen LogP contribution in [0.2, 0.25) is 0 Å². The second-order valence-electron chi connectivity index (χ2n) is 3.38. The minimum atomic E-state index is -0.900. The van der Waals surface area contributed by atoms with E-state index in [1.807, 2.05) is 0 Å². The molecule has 4 nitrogen and oxygen atoms in total. The fraction of sp³-hybridized carbons (Fsp3) is 0.600. The number of carbonyl (C=O) groups excluding carboxylic acids is 1. The number of hydrogen-bond donors (Lipinski definition) is 1. The van der Waals surface area contributed by atoms with Crippen molar-refractivity contribution in [3.8, 4) is 0 Å². The summed E-state index contributed by atoms with van der Waals surface area (Å²) in [5, 5.41) is 8.91. The van der Waals surface area contributed by atoms with Gasteiger partial charge in [-0.2, -0.15) is 0 Å². The second kappa shape index (κ2) is 4.79. The summed E-state index contributed by atoms with van der Waals surface area (Å²) in [6.45, 7) is 2.30. The van der Waals surface area contributed by atoms with Gasteiger partial charge in [0.25, 0.3) is 0 Å². The molecule has 0 aromatic heterocycles. The van der Waals surface area contributed by atoms with Crippen LogP contribution in [0, 0.1) is 0 Å². The number of amides is 1. The van der Waals surface area contributed by atoms with Gasteiger partial charge >= 0.3 is 5.97 Å². The molecule has 0 bridgehead atoms. The van der Waals surface area contributed by atoms with Crippen LogP contribution in [0.15, 0.2) is 12.2 Å². The number of carboxylic acids is 1. The lowest BCUT2D eigenvalue weighted by Gasteiger charge is -2.32. The van der Waals surface area contributed by atoms with Crippen LogP contribution in [0.1, 0.15) is 26.2 Å². The van der Waals surface area contributed by atoms with Gasteiger partial charge in [0, 0.05) is 6.54 Å². The van der Waals surface area contributed by atoms with E-state index in [2.05, 4.69) is 0 Å². The van der Waals surface area contributed by atoms with E-state index in [0.717, 1.165) is 12.8 Å². The van der Waals surface area contributed by atoms with E-state index in [1.165, 1.54) is 11.0 Å². The highest BCUT2D eigenvalue weighted by molar-refractivity contribution is 5.91. The van der Waals surface area contributed by atoms with Gasteiger partial charge in [0.1, 0.15) is 6.04 Å². The van der Waals surface area contributed by atoms with Crippen molar-refractivity contribution in [1.82, 2.24) is 4.90 Å². The Kier molecular flexibility index (Phi) is 3.68. The van der Waals surface area contributed by atoms with Gasteiger partial charge < -0.3 is 10.0 Å². The van der Waals surface area contributed by atoms with Gasteiger partial charge in [0.2, 0.25) is 5.91 Å². The predicted octanol–water partition coefficient (Wildman–Crippen LogP) is 1.03. The van der Waals surface area contributed by atoms with Gasteiger partial charge in [-0.25, -0.2) is 4.79 Å². The average Bonchev–Trinajstić information content (AvgIpc) is 2.18. The van der Waals surface area contributed by atoms with Crippen molar-refractivity contribution in [3.63, 3.8) is 0 Å². The molecule has 0 aromatic carbocycles. The highest BCUT2D eigenvalue weighted by Crippen LogP contribution is 2.17. The molecule has 4 heteroatoms. The van der Waals surface area contributed by atoms with E-state index in [0.29, 0.717) is 13.0 Å². The van der Waals surface area contributed by atoms with Crippen LogP contribution in [-0.2, 0) is 9.59 Å². The molecular weight excluding hydrogens is 182 g/mol. The number of rotatable bonds is 2. The maximum absolute atomic E-state index is 11.5. The van der Waals surface area contributed by atoms with Crippen LogP contribution in [0.4, 0.5) is 0 Å². The number of aliphatic carboxylic acids is 1. The van der Waals surface area contributed by atoms with Crippen LogP contribution in [-0.4, -0.2) is 34.5 Å². The van der Waals surface area contributed by atoms with Crippen LogP contribution in [0.25, 0.3) is 0 Å². The minimum absolute atomic E-state index is 0.195. The highest BCUT2D eigenvalue weighted by atomic mass is 16.4. The van der Waals surface area contributed by atoms with Crippen molar-refractivity contribution < 1.29 is 14.7 Å². The third kappa shape index (κ3) is 2.34. The maximum Gasteiger partial charge on any atom is 0.326 e. The Bertz CT molecular complexity index is 260. The molecule has 1 aliphatic heterocycles. The monoisotopic (exact) mass is 197 g/mol. The molecule has 1 aliphatic rings. The number of nitrogens with zero attached hydrogens (tertiary/aromatic N) is 1. The number of carboxylic acid groups (broad SMARTS) is 1. The molecular formula is C10H15NO3. The summed E-state index contributed by atoms with van der Waals surface area (Å²) in [5.74, 6) is -1.10. The lowest BCUT2D eigenvalue weighted by molar-refractivity contribution is -0.150. The highest BCUT2D eigenvalue weighted by Gasteiger charge is 2.30. The van der Waals surface area contributed by atoms with Crippen molar-refractivity contribution in [1.29, 1.82) is 0 Å². The standard InChI is InChI=1S/C10H15NO3/c1-2-5-9(12)11-7-4-3-6-8(11)10(13)14/h2,5,8H,3-4,6-7H2,1H3,(H,13,14)/t8-/m1/s1. The van der Waals surface area contributed by atoms with Crippen molar-refractivity contribution >= 4 is 11.9 Å². The minimum Gasteiger partial charge on any atom is -0.480 e. The molecule has 1 saturated heterocycles. The van der Waals surface area contributed by atoms with E-state index in [9.17, 15) is 9.59 Å². The predicted molar refractivity (Wildman–Crippen MR) is 51.8 cm³/mol. The summed E-state index contributed by atoms with van der Waals surface area (Å²) in [6.07, 6.45) is 5.40. The molecule has 0 aliphatic carbocycles. The lowest BCUT2D eigenvalue weighted by atomic mass is 10.0. The largest absolute Gasteiger partial charge is 0.480 e. The number of hydrogen-bond acceptors (Lipinski definition) is 2. The van der Waals surface area contributed by atoms with E-state index in [4.69, 9.17) is 5.11 Å². The van der Waals surface area contributed by atoms with Crippen LogP contribution in [0.5, 0.6) is 0 Å². The van der Waals surface area contributed by atoms with E-state index in [-0.39, 0.29) is 5.91 Å². The molecule has 0 radical (unpaired) electrons. The molecule has 1 amide bonds. The first-order valence-electron chi connectivity index (χ1n) is 4.83. The summed E-state index contributed by atoms with van der Waals surface area (Å²) in [5.41, 5.74) is 0. The molecule has 0 saturated carbocycles. The van der Waals surface area contributed by atoms with Gasteiger partial charge in [-0.1, -0.05) is 6.08 Å². The molecule has 1 fully saturated rings. The van der Waals surface area contributed by atoms with Crippen molar-refractivity contribution in [2.75, 3.05) is 6.54 Å². The third-order valence-electron chi connectivity index (χ3n) is 2.38. The fourth-order valence-corrected chi connectivity index (χ4v) is 1.69. The summed E-state index contributed by atoms with van der Waals surface area (Å²) >= 11 is 0. The third-order valence-corrected chi connectivity index (χ3v) is 2.38. The summed E-state index contributed by atoms with van der Waals surface area (Å²) < 4.78 is 0. The van der Waals surface area contributed by atoms with Crippen LogP contribution in [0.3, 0.4) is 0 Å². The zero-order chi connectivity index (χ0) is 10.6. The Balaban J connectivity index is 2.72. The quantitative estimate of drug-likeness (QED) is 0.672. The molecule has 78 valence electrons. The van der Waals surface area contributed by atoms with Crippen LogP contribution >= 0.6 is 0 Å². The zero-order valence-corrected chi connectivity index (χ0v) is 8.27. The summed E-state index contributed by atoms with van der Waals surface area (Å²) in [6, 6.07) is -0.632. The molecule has 14 heavy (non-hydrogen) atoms. The van der Waals surface area contributed by atoms with E-state index < -0.39 is 12.0 Å². The Labute approximate surface area is 83.2 Å². The molecule has 0 aromatic rings. The smallest absolute Gasteiger partial charge is 0.326 e. The molecule has 0 unspecified atom stereocenters. The molecule has 1 heterocycles. The number of allylic oxidation sites excluding steroid dienone is 1.